The van der Waals surface area contributed by atoms with Gasteiger partial charge in [-0.2, -0.15) is 0 Å². The number of carbonyl (C=O) groups excluding carboxylic acids is 1. The molecule has 1 aliphatic rings. The van der Waals surface area contributed by atoms with Gasteiger partial charge in [0, 0.05) is 15.7 Å². The lowest BCUT2D eigenvalue weighted by atomic mass is 9.93. The second kappa shape index (κ2) is 4.87. The zero-order valence-electron chi connectivity index (χ0n) is 9.99. The minimum absolute atomic E-state index is 0.0206. The van der Waals surface area contributed by atoms with Gasteiger partial charge >= 0.3 is 0 Å². The summed E-state index contributed by atoms with van der Waals surface area (Å²) in [5.41, 5.74) is 2.91. The number of amides is 1. The van der Waals surface area contributed by atoms with Crippen LogP contribution in [0.15, 0.2) is 42.5 Å². The lowest BCUT2D eigenvalue weighted by Crippen LogP contribution is -2.14. The number of fused-ring (bicyclic) bond motifs is 1. The van der Waals surface area contributed by atoms with Gasteiger partial charge in [-0.3, -0.25) is 4.79 Å². The molecule has 1 atom stereocenters. The Kier molecular flexibility index (Phi) is 3.21. The summed E-state index contributed by atoms with van der Waals surface area (Å²) in [6.45, 7) is 0. The van der Waals surface area contributed by atoms with Crippen molar-refractivity contribution in [1.82, 2.24) is 0 Å². The van der Waals surface area contributed by atoms with Gasteiger partial charge in [-0.1, -0.05) is 41.4 Å². The average Bonchev–Trinajstić information content (AvgIpc) is 2.68. The van der Waals surface area contributed by atoms with E-state index in [1.807, 2.05) is 36.4 Å². The zero-order valence-corrected chi connectivity index (χ0v) is 11.5. The molecule has 0 fully saturated rings. The number of benzene rings is 2. The highest BCUT2D eigenvalue weighted by molar-refractivity contribution is 6.31. The minimum atomic E-state index is -0.159. The van der Waals surface area contributed by atoms with Crippen molar-refractivity contribution < 1.29 is 4.79 Å². The van der Waals surface area contributed by atoms with E-state index in [0.29, 0.717) is 16.5 Å². The zero-order chi connectivity index (χ0) is 13.4. The van der Waals surface area contributed by atoms with E-state index in [2.05, 4.69) is 5.32 Å². The molecule has 0 aromatic heterocycles. The fourth-order valence-electron chi connectivity index (χ4n) is 2.36. The SMILES string of the molecule is O=C1Nc2cc(Cl)ccc2C1Cc1ccc(Cl)cc1. The normalized spacial score (nSPS) is 17.2. The van der Waals surface area contributed by atoms with E-state index in [1.54, 1.807) is 6.07 Å². The fraction of sp³-hybridized carbons (Fsp3) is 0.133. The van der Waals surface area contributed by atoms with Crippen molar-refractivity contribution in [2.24, 2.45) is 0 Å². The van der Waals surface area contributed by atoms with Gasteiger partial charge in [0.1, 0.15) is 0 Å². The molecule has 19 heavy (non-hydrogen) atoms. The molecule has 1 amide bonds. The molecule has 2 aromatic carbocycles. The Morgan fingerprint density at radius 1 is 1.00 bits per heavy atom. The summed E-state index contributed by atoms with van der Waals surface area (Å²) in [5, 5.41) is 4.20. The maximum atomic E-state index is 12.0. The topological polar surface area (TPSA) is 29.1 Å². The predicted molar refractivity (Wildman–Crippen MR) is 78.0 cm³/mol. The molecule has 2 aromatic rings. The van der Waals surface area contributed by atoms with Crippen LogP contribution in [0.2, 0.25) is 10.0 Å². The summed E-state index contributed by atoms with van der Waals surface area (Å²) in [7, 11) is 0. The summed E-state index contributed by atoms with van der Waals surface area (Å²) in [6.07, 6.45) is 0.664. The van der Waals surface area contributed by atoms with E-state index in [1.165, 1.54) is 0 Å². The third-order valence-corrected chi connectivity index (χ3v) is 3.81. The minimum Gasteiger partial charge on any atom is -0.325 e. The Morgan fingerprint density at radius 3 is 2.42 bits per heavy atom. The van der Waals surface area contributed by atoms with Crippen molar-refractivity contribution in [2.75, 3.05) is 5.32 Å². The van der Waals surface area contributed by atoms with Gasteiger partial charge in [0.25, 0.3) is 0 Å². The Bertz CT molecular complexity index is 637. The molecule has 1 aliphatic heterocycles. The van der Waals surface area contributed by atoms with Gasteiger partial charge in [-0.05, 0) is 41.8 Å². The number of anilines is 1. The molecule has 2 nitrogen and oxygen atoms in total. The molecule has 0 spiro atoms. The summed E-state index contributed by atoms with van der Waals surface area (Å²) in [6, 6.07) is 13.1. The number of nitrogens with one attached hydrogen (secondary N) is 1. The second-order valence-corrected chi connectivity index (χ2v) is 5.48. The van der Waals surface area contributed by atoms with Crippen LogP contribution in [0.5, 0.6) is 0 Å². The van der Waals surface area contributed by atoms with Crippen molar-refractivity contribution in [2.45, 2.75) is 12.3 Å². The molecule has 0 bridgehead atoms. The lowest BCUT2D eigenvalue weighted by molar-refractivity contribution is -0.117. The Hall–Kier alpha value is -1.51. The first-order chi connectivity index (χ1) is 9.13. The fourth-order valence-corrected chi connectivity index (χ4v) is 2.66. The summed E-state index contributed by atoms with van der Waals surface area (Å²) in [4.78, 5) is 12.0. The maximum Gasteiger partial charge on any atom is 0.232 e. The highest BCUT2D eigenvalue weighted by Crippen LogP contribution is 2.36. The van der Waals surface area contributed by atoms with Crippen molar-refractivity contribution in [1.29, 1.82) is 0 Å². The van der Waals surface area contributed by atoms with Crippen LogP contribution in [0.4, 0.5) is 5.69 Å². The number of rotatable bonds is 2. The van der Waals surface area contributed by atoms with Crippen LogP contribution in [0.3, 0.4) is 0 Å². The van der Waals surface area contributed by atoms with Crippen LogP contribution < -0.4 is 5.32 Å². The van der Waals surface area contributed by atoms with Gasteiger partial charge in [0.15, 0.2) is 0 Å². The van der Waals surface area contributed by atoms with Crippen LogP contribution in [-0.4, -0.2) is 5.91 Å². The van der Waals surface area contributed by atoms with Crippen molar-refractivity contribution in [3.05, 3.63) is 63.6 Å². The Labute approximate surface area is 121 Å². The second-order valence-electron chi connectivity index (χ2n) is 4.60. The Morgan fingerprint density at radius 2 is 1.68 bits per heavy atom. The number of hydrogen-bond donors (Lipinski definition) is 1. The van der Waals surface area contributed by atoms with Crippen LogP contribution in [0.1, 0.15) is 17.0 Å². The predicted octanol–water partition coefficient (Wildman–Crippen LogP) is 4.27. The lowest BCUT2D eigenvalue weighted by Gasteiger charge is -2.09. The van der Waals surface area contributed by atoms with Crippen molar-refractivity contribution in [3.63, 3.8) is 0 Å². The van der Waals surface area contributed by atoms with Crippen LogP contribution >= 0.6 is 23.2 Å². The molecular formula is C15H11Cl2NO. The first-order valence-electron chi connectivity index (χ1n) is 5.98. The van der Waals surface area contributed by atoms with Crippen LogP contribution in [0.25, 0.3) is 0 Å². The van der Waals surface area contributed by atoms with Gasteiger partial charge in [0.2, 0.25) is 5.91 Å². The summed E-state index contributed by atoms with van der Waals surface area (Å²) in [5.74, 6) is -0.138. The van der Waals surface area contributed by atoms with Gasteiger partial charge in [-0.25, -0.2) is 0 Å². The van der Waals surface area contributed by atoms with Crippen LogP contribution in [0, 0.1) is 0 Å². The van der Waals surface area contributed by atoms with Gasteiger partial charge in [-0.15, -0.1) is 0 Å². The highest BCUT2D eigenvalue weighted by Gasteiger charge is 2.30. The Balaban J connectivity index is 1.90. The van der Waals surface area contributed by atoms with Gasteiger partial charge < -0.3 is 5.32 Å². The molecule has 0 saturated carbocycles. The average molecular weight is 292 g/mol. The van der Waals surface area contributed by atoms with E-state index >= 15 is 0 Å². The molecule has 3 rings (SSSR count). The van der Waals surface area contributed by atoms with Crippen molar-refractivity contribution in [3.8, 4) is 0 Å². The van der Waals surface area contributed by atoms with E-state index in [4.69, 9.17) is 23.2 Å². The van der Waals surface area contributed by atoms with E-state index < -0.39 is 0 Å². The quantitative estimate of drug-likeness (QED) is 0.879. The summed E-state index contributed by atoms with van der Waals surface area (Å²) >= 11 is 11.8. The number of carbonyl (C=O) groups is 1. The van der Waals surface area contributed by atoms with E-state index in [9.17, 15) is 4.79 Å². The first kappa shape index (κ1) is 12.5. The highest BCUT2D eigenvalue weighted by atomic mass is 35.5. The third kappa shape index (κ3) is 2.46. The molecule has 4 heteroatoms. The molecular weight excluding hydrogens is 281 g/mol. The molecule has 0 aliphatic carbocycles. The van der Waals surface area contributed by atoms with Crippen LogP contribution in [-0.2, 0) is 11.2 Å². The molecule has 96 valence electrons. The molecule has 1 heterocycles. The van der Waals surface area contributed by atoms with Gasteiger partial charge in [0.05, 0.1) is 5.92 Å². The molecule has 1 N–H and O–H groups in total. The monoisotopic (exact) mass is 291 g/mol. The molecule has 0 radical (unpaired) electrons. The first-order valence-corrected chi connectivity index (χ1v) is 6.74. The number of halogens is 2. The standard InChI is InChI=1S/C15H11Cl2NO/c16-10-3-1-9(2-4-10)7-13-12-6-5-11(17)8-14(12)18-15(13)19/h1-6,8,13H,7H2,(H,18,19). The molecule has 1 unspecified atom stereocenters. The van der Waals surface area contributed by atoms with E-state index in [0.717, 1.165) is 16.8 Å². The largest absolute Gasteiger partial charge is 0.325 e. The maximum absolute atomic E-state index is 12.0. The smallest absolute Gasteiger partial charge is 0.232 e. The van der Waals surface area contributed by atoms with Crippen molar-refractivity contribution >= 4 is 34.8 Å². The number of hydrogen-bond acceptors (Lipinski definition) is 1. The third-order valence-electron chi connectivity index (χ3n) is 3.32. The molecule has 0 saturated heterocycles. The summed E-state index contributed by atoms with van der Waals surface area (Å²) < 4.78 is 0. The van der Waals surface area contributed by atoms with E-state index in [-0.39, 0.29) is 11.8 Å².